The summed E-state index contributed by atoms with van der Waals surface area (Å²) in [6.07, 6.45) is 4.06. The van der Waals surface area contributed by atoms with Crippen LogP contribution in [0.15, 0.2) is 24.5 Å². The van der Waals surface area contributed by atoms with Crippen LogP contribution in [0.1, 0.15) is 31.4 Å². The van der Waals surface area contributed by atoms with Crippen molar-refractivity contribution in [3.05, 3.63) is 40.8 Å². The zero-order valence-electron chi connectivity index (χ0n) is 12.5. The molecule has 0 aliphatic rings. The summed E-state index contributed by atoms with van der Waals surface area (Å²) in [5.41, 5.74) is 2.01. The second-order valence-corrected chi connectivity index (χ2v) is 5.00. The van der Waals surface area contributed by atoms with Crippen molar-refractivity contribution in [3.63, 3.8) is 0 Å². The number of hydrogen-bond acceptors (Lipinski definition) is 4. The highest BCUT2D eigenvalue weighted by molar-refractivity contribution is 6.30. The highest BCUT2D eigenvalue weighted by atomic mass is 35.5. The van der Waals surface area contributed by atoms with Crippen LogP contribution in [0.25, 0.3) is 0 Å². The van der Waals surface area contributed by atoms with Gasteiger partial charge in [0.15, 0.2) is 11.5 Å². The second-order valence-electron chi connectivity index (χ2n) is 4.64. The molecule has 112 valence electrons. The monoisotopic (exact) mass is 306 g/mol. The smallest absolute Gasteiger partial charge is 0.227 e. The molecule has 21 heavy (non-hydrogen) atoms. The van der Waals surface area contributed by atoms with Gasteiger partial charge in [-0.05, 0) is 30.5 Å². The summed E-state index contributed by atoms with van der Waals surface area (Å²) in [6.45, 7) is 4.17. The summed E-state index contributed by atoms with van der Waals surface area (Å²) in [4.78, 5) is 8.21. The van der Waals surface area contributed by atoms with Crippen molar-refractivity contribution in [3.8, 4) is 17.4 Å². The fraction of sp³-hybridized carbons (Fsp3) is 0.375. The molecule has 0 amide bonds. The van der Waals surface area contributed by atoms with Crippen LogP contribution in [-0.4, -0.2) is 17.1 Å². The van der Waals surface area contributed by atoms with Crippen LogP contribution in [0, 0.1) is 0 Å². The van der Waals surface area contributed by atoms with Crippen LogP contribution in [0.3, 0.4) is 0 Å². The van der Waals surface area contributed by atoms with Gasteiger partial charge >= 0.3 is 0 Å². The number of rotatable bonds is 6. The van der Waals surface area contributed by atoms with Crippen molar-refractivity contribution >= 4 is 11.6 Å². The molecule has 0 N–H and O–H groups in total. The molecule has 0 saturated heterocycles. The Kier molecular flexibility index (Phi) is 5.39. The number of benzene rings is 1. The van der Waals surface area contributed by atoms with E-state index in [4.69, 9.17) is 21.1 Å². The first-order valence-corrected chi connectivity index (χ1v) is 7.41. The minimum Gasteiger partial charge on any atom is -0.493 e. The molecule has 0 radical (unpaired) electrons. The maximum absolute atomic E-state index is 6.13. The summed E-state index contributed by atoms with van der Waals surface area (Å²) in [5.74, 6) is 1.80. The van der Waals surface area contributed by atoms with E-state index in [0.717, 1.165) is 24.8 Å². The lowest BCUT2D eigenvalue weighted by atomic mass is 10.1. The number of hydrogen-bond donors (Lipinski definition) is 0. The number of nitrogens with zero attached hydrogens (tertiary/aromatic N) is 2. The van der Waals surface area contributed by atoms with E-state index in [1.807, 2.05) is 18.2 Å². The van der Waals surface area contributed by atoms with Gasteiger partial charge in [0.25, 0.3) is 0 Å². The van der Waals surface area contributed by atoms with Crippen LogP contribution >= 0.6 is 11.6 Å². The zero-order valence-corrected chi connectivity index (χ0v) is 13.3. The molecule has 5 heteroatoms. The second kappa shape index (κ2) is 7.27. The highest BCUT2D eigenvalue weighted by Gasteiger charge is 2.14. The predicted molar refractivity (Wildman–Crippen MR) is 83.5 cm³/mol. The molecule has 2 aromatic rings. The van der Waals surface area contributed by atoms with E-state index in [0.29, 0.717) is 22.5 Å². The van der Waals surface area contributed by atoms with Crippen LogP contribution in [0.4, 0.5) is 0 Å². The van der Waals surface area contributed by atoms with Gasteiger partial charge in [0.05, 0.1) is 12.7 Å². The van der Waals surface area contributed by atoms with Crippen molar-refractivity contribution in [2.75, 3.05) is 7.11 Å². The van der Waals surface area contributed by atoms with Gasteiger partial charge in [-0.3, -0.25) is 0 Å². The quantitative estimate of drug-likeness (QED) is 0.740. The van der Waals surface area contributed by atoms with Gasteiger partial charge in [-0.2, -0.15) is 0 Å². The molecule has 0 fully saturated rings. The summed E-state index contributed by atoms with van der Waals surface area (Å²) < 4.78 is 11.3. The summed E-state index contributed by atoms with van der Waals surface area (Å²) in [5, 5.41) is 0.436. The molecular weight excluding hydrogens is 288 g/mol. The Bertz CT molecular complexity index is 617. The Balaban J connectivity index is 2.36. The van der Waals surface area contributed by atoms with Crippen molar-refractivity contribution in [2.24, 2.45) is 0 Å². The SMILES string of the molecule is CCCc1c(Cl)ncnc1Oc1ccc(CC)cc1OC. The minimum absolute atomic E-state index is 0.436. The summed E-state index contributed by atoms with van der Waals surface area (Å²) >= 11 is 6.13. The van der Waals surface area contributed by atoms with Crippen LogP contribution in [0.5, 0.6) is 17.4 Å². The highest BCUT2D eigenvalue weighted by Crippen LogP contribution is 2.34. The predicted octanol–water partition coefficient (Wildman–Crippen LogP) is 4.45. The molecule has 2 rings (SSSR count). The number of aromatic nitrogens is 2. The third-order valence-corrected chi connectivity index (χ3v) is 3.52. The maximum atomic E-state index is 6.13. The lowest BCUT2D eigenvalue weighted by molar-refractivity contribution is 0.371. The average molecular weight is 307 g/mol. The first-order chi connectivity index (χ1) is 10.2. The van der Waals surface area contributed by atoms with Gasteiger partial charge < -0.3 is 9.47 Å². The van der Waals surface area contributed by atoms with Crippen molar-refractivity contribution in [2.45, 2.75) is 33.1 Å². The number of methoxy groups -OCH3 is 1. The minimum atomic E-state index is 0.436. The molecule has 1 aromatic carbocycles. The fourth-order valence-corrected chi connectivity index (χ4v) is 2.26. The summed E-state index contributed by atoms with van der Waals surface area (Å²) in [7, 11) is 1.63. The van der Waals surface area contributed by atoms with E-state index < -0.39 is 0 Å². The van der Waals surface area contributed by atoms with E-state index in [9.17, 15) is 0 Å². The van der Waals surface area contributed by atoms with Crippen molar-refractivity contribution in [1.82, 2.24) is 9.97 Å². The average Bonchev–Trinajstić information content (AvgIpc) is 2.51. The molecule has 0 unspecified atom stereocenters. The molecule has 1 heterocycles. The van der Waals surface area contributed by atoms with Crippen LogP contribution in [-0.2, 0) is 12.8 Å². The summed E-state index contributed by atoms with van der Waals surface area (Å²) in [6, 6.07) is 5.88. The van der Waals surface area contributed by atoms with Gasteiger partial charge in [0.2, 0.25) is 5.88 Å². The molecule has 0 aliphatic heterocycles. The van der Waals surface area contributed by atoms with Crippen molar-refractivity contribution in [1.29, 1.82) is 0 Å². The largest absolute Gasteiger partial charge is 0.493 e. The Morgan fingerprint density at radius 1 is 1.14 bits per heavy atom. The number of aryl methyl sites for hydroxylation is 1. The maximum Gasteiger partial charge on any atom is 0.227 e. The number of halogens is 1. The Morgan fingerprint density at radius 3 is 2.62 bits per heavy atom. The van der Waals surface area contributed by atoms with Crippen molar-refractivity contribution < 1.29 is 9.47 Å². The van der Waals surface area contributed by atoms with E-state index in [1.54, 1.807) is 7.11 Å². The Labute approximate surface area is 130 Å². The third-order valence-electron chi connectivity index (χ3n) is 3.20. The number of ether oxygens (including phenoxy) is 2. The van der Waals surface area contributed by atoms with Crippen LogP contribution in [0.2, 0.25) is 5.15 Å². The topological polar surface area (TPSA) is 44.2 Å². The molecular formula is C16H19ClN2O2. The Morgan fingerprint density at radius 2 is 1.95 bits per heavy atom. The normalized spacial score (nSPS) is 10.5. The fourth-order valence-electron chi connectivity index (χ4n) is 2.04. The molecule has 4 nitrogen and oxygen atoms in total. The standard InChI is InChI=1S/C16H19ClN2O2/c1-4-6-12-15(17)18-10-19-16(12)21-13-8-7-11(5-2)9-14(13)20-3/h7-10H,4-6H2,1-3H3. The van der Waals surface area contributed by atoms with Gasteiger partial charge in [0.1, 0.15) is 11.5 Å². The van der Waals surface area contributed by atoms with Gasteiger partial charge in [-0.15, -0.1) is 0 Å². The lowest BCUT2D eigenvalue weighted by Gasteiger charge is -2.13. The van der Waals surface area contributed by atoms with E-state index >= 15 is 0 Å². The first kappa shape index (κ1) is 15.6. The molecule has 0 aliphatic carbocycles. The van der Waals surface area contributed by atoms with E-state index in [1.165, 1.54) is 11.9 Å². The molecule has 0 spiro atoms. The van der Waals surface area contributed by atoms with E-state index in [-0.39, 0.29) is 0 Å². The van der Waals surface area contributed by atoms with Gasteiger partial charge in [0, 0.05) is 0 Å². The molecule has 0 saturated carbocycles. The van der Waals surface area contributed by atoms with Crippen LogP contribution < -0.4 is 9.47 Å². The molecule has 0 bridgehead atoms. The molecule has 1 aromatic heterocycles. The molecule has 0 atom stereocenters. The zero-order chi connectivity index (χ0) is 15.2. The van der Waals surface area contributed by atoms with E-state index in [2.05, 4.69) is 23.8 Å². The van der Waals surface area contributed by atoms with Gasteiger partial charge in [-0.1, -0.05) is 37.9 Å². The van der Waals surface area contributed by atoms with Gasteiger partial charge in [-0.25, -0.2) is 9.97 Å². The third kappa shape index (κ3) is 3.64. The Hall–Kier alpha value is -1.81. The lowest BCUT2D eigenvalue weighted by Crippen LogP contribution is -1.99. The first-order valence-electron chi connectivity index (χ1n) is 7.03.